The largest absolute Gasteiger partial charge is 0.480 e. The Hall–Kier alpha value is -3.12. The third-order valence-corrected chi connectivity index (χ3v) is 8.03. The molecular formula is C28H31FNO5P. The molecule has 2 N–H and O–H groups in total. The minimum absolute atomic E-state index is 0.0128. The fourth-order valence-corrected chi connectivity index (χ4v) is 5.49. The summed E-state index contributed by atoms with van der Waals surface area (Å²) in [6, 6.07) is 18.2. The third kappa shape index (κ3) is 5.34. The van der Waals surface area contributed by atoms with Crippen molar-refractivity contribution >= 4 is 14.0 Å². The van der Waals surface area contributed by atoms with Crippen molar-refractivity contribution in [2.75, 3.05) is 7.11 Å². The molecule has 0 radical (unpaired) electrons. The summed E-state index contributed by atoms with van der Waals surface area (Å²) in [5, 5.41) is 20.7. The van der Waals surface area contributed by atoms with Crippen LogP contribution < -0.4 is 0 Å². The molecule has 36 heavy (non-hydrogen) atoms. The van der Waals surface area contributed by atoms with Crippen molar-refractivity contribution in [2.24, 2.45) is 5.92 Å². The Bertz CT molecular complexity index is 1280. The van der Waals surface area contributed by atoms with Crippen molar-refractivity contribution in [1.82, 2.24) is 4.98 Å². The van der Waals surface area contributed by atoms with E-state index in [4.69, 9.17) is 4.52 Å². The maximum atomic E-state index is 13.9. The van der Waals surface area contributed by atoms with Crippen LogP contribution in [-0.4, -0.2) is 33.4 Å². The summed E-state index contributed by atoms with van der Waals surface area (Å²) in [7, 11) is -2.29. The summed E-state index contributed by atoms with van der Waals surface area (Å²) >= 11 is 0. The van der Waals surface area contributed by atoms with Crippen LogP contribution in [0.5, 0.6) is 0 Å². The Labute approximate surface area is 211 Å². The molecule has 8 heteroatoms. The van der Waals surface area contributed by atoms with Gasteiger partial charge < -0.3 is 14.7 Å². The van der Waals surface area contributed by atoms with E-state index in [2.05, 4.69) is 4.98 Å². The van der Waals surface area contributed by atoms with Crippen molar-refractivity contribution in [3.05, 3.63) is 102 Å². The molecule has 3 aromatic rings. The predicted molar refractivity (Wildman–Crippen MR) is 139 cm³/mol. The van der Waals surface area contributed by atoms with Crippen LogP contribution in [0.1, 0.15) is 30.7 Å². The fraction of sp³-hybridized carbons (Fsp3) is 0.286. The first kappa shape index (κ1) is 27.5. The van der Waals surface area contributed by atoms with Gasteiger partial charge >= 0.3 is 5.97 Å². The summed E-state index contributed by atoms with van der Waals surface area (Å²) in [5.41, 5.74) is -0.0378. The number of aliphatic hydroxyl groups is 1. The Kier molecular flexibility index (Phi) is 8.62. The molecule has 0 fully saturated rings. The van der Waals surface area contributed by atoms with Gasteiger partial charge in [0.1, 0.15) is 11.4 Å². The average molecular weight is 512 g/mol. The van der Waals surface area contributed by atoms with Gasteiger partial charge in [-0.25, -0.2) is 9.37 Å². The maximum Gasteiger partial charge on any atom is 0.326 e. The molecule has 3 atom stereocenters. The Morgan fingerprint density at radius 2 is 1.83 bits per heavy atom. The van der Waals surface area contributed by atoms with Gasteiger partial charge in [-0.1, -0.05) is 68.5 Å². The molecule has 0 amide bonds. The minimum Gasteiger partial charge on any atom is -0.480 e. The highest BCUT2D eigenvalue weighted by atomic mass is 31.1. The van der Waals surface area contributed by atoms with E-state index < -0.39 is 30.6 Å². The zero-order valence-electron chi connectivity index (χ0n) is 20.7. The molecule has 0 spiro atoms. The second kappa shape index (κ2) is 11.3. The van der Waals surface area contributed by atoms with E-state index in [0.29, 0.717) is 16.8 Å². The summed E-state index contributed by atoms with van der Waals surface area (Å²) in [6.07, 6.45) is 2.55. The predicted octanol–water partition coefficient (Wildman–Crippen LogP) is 5.78. The number of hydrogen-bond acceptors (Lipinski definition) is 5. The van der Waals surface area contributed by atoms with Crippen LogP contribution in [0, 0.1) is 18.7 Å². The molecule has 1 heterocycles. The number of carboxylic acids is 1. The molecule has 0 aliphatic carbocycles. The number of aliphatic carboxylic acids is 1. The summed E-state index contributed by atoms with van der Waals surface area (Å²) in [5.74, 6) is -2.08. The first-order chi connectivity index (χ1) is 17.0. The minimum atomic E-state index is -3.44. The molecule has 0 saturated carbocycles. The van der Waals surface area contributed by atoms with E-state index in [1.165, 1.54) is 30.3 Å². The number of benzene rings is 2. The van der Waals surface area contributed by atoms with E-state index in [1.807, 2.05) is 44.2 Å². The number of rotatable bonds is 10. The molecule has 1 aromatic heterocycles. The van der Waals surface area contributed by atoms with Gasteiger partial charge in [0.15, 0.2) is 5.16 Å². The maximum absolute atomic E-state index is 13.9. The number of halogens is 1. The topological polar surface area (TPSA) is 96.7 Å². The van der Waals surface area contributed by atoms with Gasteiger partial charge in [0.2, 0.25) is 8.03 Å². The monoisotopic (exact) mass is 511 g/mol. The fourth-order valence-electron chi connectivity index (χ4n) is 4.21. The van der Waals surface area contributed by atoms with E-state index in [-0.39, 0.29) is 18.0 Å². The van der Waals surface area contributed by atoms with Crippen molar-refractivity contribution in [2.45, 2.75) is 37.9 Å². The van der Waals surface area contributed by atoms with Gasteiger partial charge in [-0.15, -0.1) is 0 Å². The van der Waals surface area contributed by atoms with Crippen LogP contribution in [0.4, 0.5) is 4.39 Å². The Balaban J connectivity index is 2.36. The number of aromatic nitrogens is 1. The Morgan fingerprint density at radius 1 is 1.14 bits per heavy atom. The van der Waals surface area contributed by atoms with Crippen LogP contribution in [0.2, 0.25) is 0 Å². The third-order valence-electron chi connectivity index (χ3n) is 6.22. The summed E-state index contributed by atoms with van der Waals surface area (Å²) < 4.78 is 32.5. The molecule has 2 aromatic carbocycles. The Morgan fingerprint density at radius 3 is 2.42 bits per heavy atom. The van der Waals surface area contributed by atoms with Gasteiger partial charge in [0.05, 0.1) is 11.4 Å². The molecular weight excluding hydrogens is 480 g/mol. The number of carboxylic acid groups (broad SMARTS) is 1. The first-order valence-electron chi connectivity index (χ1n) is 11.6. The average Bonchev–Trinajstić information content (AvgIpc) is 2.86. The lowest BCUT2D eigenvalue weighted by Crippen LogP contribution is -2.55. The van der Waals surface area contributed by atoms with Crippen molar-refractivity contribution < 1.29 is 28.5 Å². The van der Waals surface area contributed by atoms with Crippen LogP contribution in [0.15, 0.2) is 78.9 Å². The van der Waals surface area contributed by atoms with E-state index in [0.717, 1.165) is 12.7 Å². The number of nitrogens with zero attached hydrogens (tertiary/aromatic N) is 1. The van der Waals surface area contributed by atoms with E-state index >= 15 is 0 Å². The molecule has 0 aliphatic heterocycles. The molecule has 3 rings (SSSR count). The lowest BCUT2D eigenvalue weighted by molar-refractivity contribution is -0.147. The molecule has 3 unspecified atom stereocenters. The molecule has 0 aliphatic rings. The van der Waals surface area contributed by atoms with Gasteiger partial charge in [-0.05, 0) is 48.2 Å². The second-order valence-corrected chi connectivity index (χ2v) is 10.9. The van der Waals surface area contributed by atoms with Gasteiger partial charge in [0, 0.05) is 19.1 Å². The molecule has 190 valence electrons. The highest BCUT2D eigenvalue weighted by Gasteiger charge is 2.61. The molecule has 0 bridgehead atoms. The van der Waals surface area contributed by atoms with Gasteiger partial charge in [0.25, 0.3) is 0 Å². The van der Waals surface area contributed by atoms with Crippen LogP contribution in [-0.2, 0) is 25.9 Å². The van der Waals surface area contributed by atoms with Crippen molar-refractivity contribution in [3.63, 3.8) is 0 Å². The van der Waals surface area contributed by atoms with Crippen LogP contribution >= 0.6 is 8.03 Å². The normalized spacial score (nSPS) is 16.0. The van der Waals surface area contributed by atoms with Crippen molar-refractivity contribution in [3.8, 4) is 11.3 Å². The van der Waals surface area contributed by atoms with Crippen LogP contribution in [0.3, 0.4) is 0 Å². The van der Waals surface area contributed by atoms with Crippen molar-refractivity contribution in [1.29, 1.82) is 0 Å². The smallest absolute Gasteiger partial charge is 0.326 e. The SMILES string of the molecule is CO[PH](=O)C(C=CC(C)C)(C(=O)O)C(O)(Cc1ccc(F)cc1C)c1cccc(-c2ccccc2)n1. The highest BCUT2D eigenvalue weighted by Crippen LogP contribution is 2.54. The lowest BCUT2D eigenvalue weighted by atomic mass is 9.77. The highest BCUT2D eigenvalue weighted by molar-refractivity contribution is 7.43. The number of hydrogen-bond donors (Lipinski definition) is 2. The zero-order valence-corrected chi connectivity index (χ0v) is 21.7. The number of pyridine rings is 1. The molecule has 0 saturated heterocycles. The van der Waals surface area contributed by atoms with Crippen LogP contribution in [0.25, 0.3) is 11.3 Å². The number of allylic oxidation sites excluding steroid dienone is 1. The second-order valence-electron chi connectivity index (χ2n) is 9.09. The standard InChI is InChI=1S/C28H31FNO5P/c1-19(2)15-16-28(26(31)32,36(34)35-4)27(33,18-22-13-14-23(29)17-20(22)3)25-12-8-11-24(30-25)21-9-6-5-7-10-21/h5-17,19,33,36H,18H2,1-4H3,(H,31,32). The number of carbonyl (C=O) groups is 1. The van der Waals surface area contributed by atoms with Gasteiger partial charge in [-0.2, -0.15) is 0 Å². The number of aryl methyl sites for hydroxylation is 1. The molecule has 6 nitrogen and oxygen atoms in total. The van der Waals surface area contributed by atoms with E-state index in [9.17, 15) is 24.0 Å². The van der Waals surface area contributed by atoms with Gasteiger partial charge in [-0.3, -0.25) is 9.36 Å². The zero-order chi connectivity index (χ0) is 26.5. The lowest BCUT2D eigenvalue weighted by Gasteiger charge is -2.41. The quantitative estimate of drug-likeness (QED) is 0.265. The summed E-state index contributed by atoms with van der Waals surface area (Å²) in [6.45, 7) is 5.34. The van der Waals surface area contributed by atoms with E-state index in [1.54, 1.807) is 25.1 Å². The first-order valence-corrected chi connectivity index (χ1v) is 12.9. The summed E-state index contributed by atoms with van der Waals surface area (Å²) in [4.78, 5) is 17.6.